The number of fused-ring (bicyclic) bond motifs is 1. The smallest absolute Gasteiger partial charge is 0.301 e. The Labute approximate surface area is 82.0 Å². The van der Waals surface area contributed by atoms with E-state index in [1.54, 1.807) is 0 Å². The first-order chi connectivity index (χ1) is 6.79. The maximum absolute atomic E-state index is 8.73. The molecule has 1 aromatic rings. The van der Waals surface area contributed by atoms with Crippen LogP contribution < -0.4 is 4.74 Å². The Morgan fingerprint density at radius 1 is 1.36 bits per heavy atom. The maximum Gasteiger partial charge on any atom is 0.301 e. The zero-order valence-corrected chi connectivity index (χ0v) is 7.69. The zero-order chi connectivity index (χ0) is 9.97. The van der Waals surface area contributed by atoms with Crippen LogP contribution in [0.2, 0.25) is 0 Å². The van der Waals surface area contributed by atoms with E-state index in [4.69, 9.17) is 10.00 Å². The lowest BCUT2D eigenvalue weighted by molar-refractivity contribution is 0.557. The van der Waals surface area contributed by atoms with E-state index in [0.29, 0.717) is 5.75 Å². The molecule has 0 atom stereocenters. The number of rotatable bonds is 0. The number of allylic oxidation sites excluding steroid dienone is 1. The fourth-order valence-corrected chi connectivity index (χ4v) is 1.29. The molecule has 3 nitrogen and oxygen atoms in total. The molecule has 0 aliphatic carbocycles. The van der Waals surface area contributed by atoms with Gasteiger partial charge >= 0.3 is 5.90 Å². The Kier molecular flexibility index (Phi) is 2.04. The van der Waals surface area contributed by atoms with Gasteiger partial charge in [0, 0.05) is 11.3 Å². The van der Waals surface area contributed by atoms with Crippen molar-refractivity contribution in [2.45, 2.75) is 6.92 Å². The first kappa shape index (κ1) is 8.52. The van der Waals surface area contributed by atoms with Crippen molar-refractivity contribution in [3.8, 4) is 11.8 Å². The summed E-state index contributed by atoms with van der Waals surface area (Å²) in [5.74, 6) is 0.758. The number of aliphatic imine (C=N–C) groups is 1. The molecule has 68 valence electrons. The Bertz CT molecular complexity index is 466. The molecule has 0 radical (unpaired) electrons. The van der Waals surface area contributed by atoms with E-state index in [-0.39, 0.29) is 5.90 Å². The second-order valence-electron chi connectivity index (χ2n) is 2.95. The summed E-state index contributed by atoms with van der Waals surface area (Å²) < 4.78 is 5.31. The highest BCUT2D eigenvalue weighted by Crippen LogP contribution is 2.23. The highest BCUT2D eigenvalue weighted by Gasteiger charge is 2.09. The van der Waals surface area contributed by atoms with Crippen molar-refractivity contribution in [3.63, 3.8) is 0 Å². The minimum Gasteiger partial charge on any atom is -0.430 e. The van der Waals surface area contributed by atoms with E-state index in [9.17, 15) is 0 Å². The summed E-state index contributed by atoms with van der Waals surface area (Å²) in [6.45, 7) is 1.84. The third-order valence-electron chi connectivity index (χ3n) is 1.86. The van der Waals surface area contributed by atoms with Gasteiger partial charge in [-0.3, -0.25) is 0 Å². The van der Waals surface area contributed by atoms with Gasteiger partial charge in [-0.2, -0.15) is 5.26 Å². The van der Waals surface area contributed by atoms with E-state index in [0.717, 1.165) is 11.3 Å². The van der Waals surface area contributed by atoms with Crippen molar-refractivity contribution in [1.82, 2.24) is 0 Å². The molecule has 1 heterocycles. The van der Waals surface area contributed by atoms with Crippen molar-refractivity contribution in [2.75, 3.05) is 0 Å². The predicted octanol–water partition coefficient (Wildman–Crippen LogP) is 2.36. The third kappa shape index (κ3) is 1.50. The average molecular weight is 184 g/mol. The average Bonchev–Trinajstić information content (AvgIpc) is 2.35. The van der Waals surface area contributed by atoms with Crippen LogP contribution in [0, 0.1) is 11.3 Å². The van der Waals surface area contributed by atoms with E-state index in [1.165, 1.54) is 0 Å². The molecular weight excluding hydrogens is 176 g/mol. The summed E-state index contributed by atoms with van der Waals surface area (Å²) >= 11 is 0. The molecule has 1 aliphatic rings. The number of hydrogen-bond donors (Lipinski definition) is 0. The second-order valence-corrected chi connectivity index (χ2v) is 2.95. The Balaban J connectivity index is 2.54. The van der Waals surface area contributed by atoms with Gasteiger partial charge in [0.15, 0.2) is 6.07 Å². The molecule has 0 aromatic heterocycles. The van der Waals surface area contributed by atoms with Crippen LogP contribution in [0.3, 0.4) is 0 Å². The third-order valence-corrected chi connectivity index (χ3v) is 1.86. The highest BCUT2D eigenvalue weighted by molar-refractivity contribution is 5.95. The van der Waals surface area contributed by atoms with Crippen LogP contribution >= 0.6 is 0 Å². The number of nitrogens with zero attached hydrogens (tertiary/aromatic N) is 2. The van der Waals surface area contributed by atoms with Gasteiger partial charge in [0.25, 0.3) is 0 Å². The summed E-state index contributed by atoms with van der Waals surface area (Å²) in [4.78, 5) is 4.00. The van der Waals surface area contributed by atoms with Crippen LogP contribution in [0.1, 0.15) is 12.5 Å². The lowest BCUT2D eigenvalue weighted by Crippen LogP contribution is -2.04. The molecular formula is C11H8N2O. The molecule has 3 heteroatoms. The normalized spacial score (nSPS) is 14.0. The van der Waals surface area contributed by atoms with Gasteiger partial charge in [0.2, 0.25) is 0 Å². The molecule has 0 amide bonds. The fourth-order valence-electron chi connectivity index (χ4n) is 1.29. The Morgan fingerprint density at radius 3 is 2.93 bits per heavy atom. The maximum atomic E-state index is 8.73. The number of hydrogen-bond acceptors (Lipinski definition) is 3. The van der Waals surface area contributed by atoms with Crippen LogP contribution in [0.15, 0.2) is 35.0 Å². The summed E-state index contributed by atoms with van der Waals surface area (Å²) in [6.07, 6.45) is 1.89. The van der Waals surface area contributed by atoms with Crippen LogP contribution in [0.25, 0.3) is 6.08 Å². The summed E-state index contributed by atoms with van der Waals surface area (Å²) in [5, 5.41) is 8.73. The lowest BCUT2D eigenvalue weighted by Gasteiger charge is -2.02. The van der Waals surface area contributed by atoms with Crippen LogP contribution in [-0.4, -0.2) is 5.90 Å². The Hall–Kier alpha value is -2.08. The van der Waals surface area contributed by atoms with Crippen molar-refractivity contribution < 1.29 is 4.74 Å². The molecule has 14 heavy (non-hydrogen) atoms. The molecule has 1 aromatic carbocycles. The number of benzene rings is 1. The van der Waals surface area contributed by atoms with Crippen LogP contribution in [0.4, 0.5) is 0 Å². The SMILES string of the molecule is CC1=Cc2ccccc2OC(C#N)=N1. The van der Waals surface area contributed by atoms with Gasteiger partial charge in [-0.05, 0) is 19.1 Å². The van der Waals surface area contributed by atoms with Gasteiger partial charge in [-0.1, -0.05) is 18.2 Å². The number of ether oxygens (including phenoxy) is 1. The minimum absolute atomic E-state index is 0.0868. The summed E-state index contributed by atoms with van der Waals surface area (Å²) in [6, 6.07) is 9.43. The quantitative estimate of drug-likeness (QED) is 0.621. The molecule has 1 aliphatic heterocycles. The zero-order valence-electron chi connectivity index (χ0n) is 7.69. The monoisotopic (exact) mass is 184 g/mol. The molecule has 2 rings (SSSR count). The van der Waals surface area contributed by atoms with Gasteiger partial charge in [0.1, 0.15) is 5.75 Å². The van der Waals surface area contributed by atoms with E-state index in [1.807, 2.05) is 43.3 Å². The van der Waals surface area contributed by atoms with Gasteiger partial charge in [-0.15, -0.1) is 0 Å². The van der Waals surface area contributed by atoms with Gasteiger partial charge in [0.05, 0.1) is 0 Å². The molecule has 0 saturated carbocycles. The second kappa shape index (κ2) is 3.35. The number of para-hydroxylation sites is 1. The molecule has 0 unspecified atom stereocenters. The van der Waals surface area contributed by atoms with Crippen LogP contribution in [-0.2, 0) is 0 Å². The van der Waals surface area contributed by atoms with Crippen molar-refractivity contribution in [3.05, 3.63) is 35.5 Å². The predicted molar refractivity (Wildman–Crippen MR) is 53.8 cm³/mol. The first-order valence-corrected chi connectivity index (χ1v) is 4.23. The largest absolute Gasteiger partial charge is 0.430 e. The molecule has 0 spiro atoms. The van der Waals surface area contributed by atoms with Crippen molar-refractivity contribution >= 4 is 12.0 Å². The lowest BCUT2D eigenvalue weighted by atomic mass is 10.2. The van der Waals surface area contributed by atoms with E-state index >= 15 is 0 Å². The topological polar surface area (TPSA) is 45.4 Å². The van der Waals surface area contributed by atoms with Gasteiger partial charge in [-0.25, -0.2) is 4.99 Å². The highest BCUT2D eigenvalue weighted by atomic mass is 16.5. The van der Waals surface area contributed by atoms with Crippen LogP contribution in [0.5, 0.6) is 5.75 Å². The standard InChI is InChI=1S/C11H8N2O/c1-8-6-9-4-2-3-5-10(9)14-11(7-12)13-8/h2-6H,1H3. The van der Waals surface area contributed by atoms with Gasteiger partial charge < -0.3 is 4.74 Å². The summed E-state index contributed by atoms with van der Waals surface area (Å²) in [5.41, 5.74) is 1.71. The van der Waals surface area contributed by atoms with Crippen molar-refractivity contribution in [1.29, 1.82) is 5.26 Å². The Morgan fingerprint density at radius 2 is 2.14 bits per heavy atom. The van der Waals surface area contributed by atoms with E-state index in [2.05, 4.69) is 4.99 Å². The molecule has 0 N–H and O–H groups in total. The van der Waals surface area contributed by atoms with Crippen molar-refractivity contribution in [2.24, 2.45) is 4.99 Å². The summed E-state index contributed by atoms with van der Waals surface area (Å²) in [7, 11) is 0. The first-order valence-electron chi connectivity index (χ1n) is 4.23. The fraction of sp³-hybridized carbons (Fsp3) is 0.0909. The molecule has 0 saturated heterocycles. The molecule has 0 fully saturated rings. The number of nitriles is 1. The minimum atomic E-state index is 0.0868. The van der Waals surface area contributed by atoms with E-state index < -0.39 is 0 Å². The molecule has 0 bridgehead atoms.